The molecule has 21 heavy (non-hydrogen) atoms. The average Bonchev–Trinajstić information content (AvgIpc) is 2.87. The van der Waals surface area contributed by atoms with E-state index in [1.54, 1.807) is 0 Å². The summed E-state index contributed by atoms with van der Waals surface area (Å²) in [6.45, 7) is 0.914. The van der Waals surface area contributed by atoms with Crippen LogP contribution >= 0.6 is 0 Å². The van der Waals surface area contributed by atoms with E-state index in [-0.39, 0.29) is 5.91 Å². The number of amides is 2. The van der Waals surface area contributed by atoms with Crippen molar-refractivity contribution in [2.24, 2.45) is 5.73 Å². The molecule has 0 saturated carbocycles. The maximum Gasteiger partial charge on any atom is 0.407 e. The molecule has 3 N–H and O–H groups in total. The topological polar surface area (TPSA) is 83.6 Å². The van der Waals surface area contributed by atoms with Gasteiger partial charge in [0.25, 0.3) is 0 Å². The molecule has 0 unspecified atom stereocenters. The van der Waals surface area contributed by atoms with Gasteiger partial charge in [-0.15, -0.1) is 0 Å². The van der Waals surface area contributed by atoms with Crippen LogP contribution in [0.5, 0.6) is 0 Å². The zero-order valence-electron chi connectivity index (χ0n) is 11.9. The highest BCUT2D eigenvalue weighted by atomic mass is 16.4. The number of allylic oxidation sites excluding steroid dienone is 1. The third-order valence-electron chi connectivity index (χ3n) is 3.63. The molecule has 1 heterocycles. The highest BCUT2D eigenvalue weighted by Crippen LogP contribution is 2.27. The summed E-state index contributed by atoms with van der Waals surface area (Å²) in [5.41, 5.74) is 8.33. The molecule has 0 fully saturated rings. The summed E-state index contributed by atoms with van der Waals surface area (Å²) in [4.78, 5) is 23.1. The van der Waals surface area contributed by atoms with Crippen molar-refractivity contribution in [3.8, 4) is 0 Å². The van der Waals surface area contributed by atoms with Crippen LogP contribution in [0.1, 0.15) is 42.4 Å². The Labute approximate surface area is 124 Å². The Hall–Kier alpha value is -2.30. The van der Waals surface area contributed by atoms with Crippen LogP contribution in [-0.2, 0) is 17.9 Å². The minimum atomic E-state index is -0.882. The van der Waals surface area contributed by atoms with Crippen molar-refractivity contribution in [1.82, 2.24) is 4.90 Å². The molecule has 0 saturated heterocycles. The number of carbonyl (C=O) groups is 2. The first-order chi connectivity index (χ1) is 10.1. The Morgan fingerprint density at radius 3 is 2.81 bits per heavy atom. The van der Waals surface area contributed by atoms with Gasteiger partial charge in [-0.2, -0.15) is 0 Å². The lowest BCUT2D eigenvalue weighted by Crippen LogP contribution is -2.22. The molecule has 0 spiro atoms. The van der Waals surface area contributed by atoms with Crippen LogP contribution in [0.25, 0.3) is 6.08 Å². The zero-order valence-corrected chi connectivity index (χ0v) is 11.9. The van der Waals surface area contributed by atoms with Gasteiger partial charge in [0.05, 0.1) is 6.54 Å². The first-order valence-corrected chi connectivity index (χ1v) is 7.11. The molecule has 5 heteroatoms. The van der Waals surface area contributed by atoms with Gasteiger partial charge in [-0.25, -0.2) is 4.79 Å². The second kappa shape index (κ2) is 6.92. The number of unbranched alkanes of at least 4 members (excludes halogenated alkanes) is 2. The van der Waals surface area contributed by atoms with Gasteiger partial charge in [-0.1, -0.05) is 30.4 Å². The van der Waals surface area contributed by atoms with Crippen molar-refractivity contribution in [2.45, 2.75) is 38.8 Å². The maximum absolute atomic E-state index is 11.0. The molecule has 0 bridgehead atoms. The number of carboxylic acid groups (broad SMARTS) is 1. The van der Waals surface area contributed by atoms with Crippen LogP contribution in [0.4, 0.5) is 4.79 Å². The van der Waals surface area contributed by atoms with Crippen molar-refractivity contribution in [3.05, 3.63) is 41.0 Å². The monoisotopic (exact) mass is 288 g/mol. The third kappa shape index (κ3) is 4.08. The lowest BCUT2D eigenvalue weighted by molar-refractivity contribution is -0.118. The van der Waals surface area contributed by atoms with E-state index < -0.39 is 6.09 Å². The number of benzene rings is 1. The molecule has 0 aliphatic carbocycles. The van der Waals surface area contributed by atoms with E-state index in [0.29, 0.717) is 19.5 Å². The zero-order chi connectivity index (χ0) is 15.2. The van der Waals surface area contributed by atoms with Crippen LogP contribution in [0.15, 0.2) is 24.3 Å². The Kier molecular flexibility index (Phi) is 4.98. The predicted molar refractivity (Wildman–Crippen MR) is 80.4 cm³/mol. The summed E-state index contributed by atoms with van der Waals surface area (Å²) in [5.74, 6) is -0.256. The second-order valence-corrected chi connectivity index (χ2v) is 5.24. The van der Waals surface area contributed by atoms with E-state index in [4.69, 9.17) is 10.8 Å². The highest BCUT2D eigenvalue weighted by Gasteiger charge is 2.23. The number of rotatable bonds is 6. The van der Waals surface area contributed by atoms with Gasteiger partial charge < -0.3 is 10.8 Å². The minimum Gasteiger partial charge on any atom is -0.465 e. The molecule has 1 aliphatic rings. The summed E-state index contributed by atoms with van der Waals surface area (Å²) < 4.78 is 0. The van der Waals surface area contributed by atoms with E-state index in [1.165, 1.54) is 4.90 Å². The van der Waals surface area contributed by atoms with Gasteiger partial charge in [0.15, 0.2) is 0 Å². The van der Waals surface area contributed by atoms with Crippen molar-refractivity contribution in [2.75, 3.05) is 0 Å². The van der Waals surface area contributed by atoms with Gasteiger partial charge in [0, 0.05) is 13.0 Å². The number of hydrogen-bond donors (Lipinski definition) is 2. The quantitative estimate of drug-likeness (QED) is 0.789. The Balaban J connectivity index is 1.92. The summed E-state index contributed by atoms with van der Waals surface area (Å²) >= 11 is 0. The summed E-state index contributed by atoms with van der Waals surface area (Å²) in [6.07, 6.45) is 6.28. The van der Waals surface area contributed by atoms with Crippen molar-refractivity contribution in [1.29, 1.82) is 0 Å². The standard InChI is InChI=1S/C16H20N2O3/c17-15(19)9-4-2-1-3-6-12-7-5-8-13-10-18(16(20)21)11-14(12)13/h3,5-8H,1-2,4,9-11H2,(H2,17,19)(H,20,21). The average molecular weight is 288 g/mol. The number of fused-ring (bicyclic) bond motifs is 1. The second-order valence-electron chi connectivity index (χ2n) is 5.24. The van der Waals surface area contributed by atoms with Gasteiger partial charge in [0.2, 0.25) is 5.91 Å². The fourth-order valence-corrected chi connectivity index (χ4v) is 2.51. The Morgan fingerprint density at radius 1 is 1.29 bits per heavy atom. The summed E-state index contributed by atoms with van der Waals surface area (Å²) in [6, 6.07) is 5.93. The molecular weight excluding hydrogens is 268 g/mol. The van der Waals surface area contributed by atoms with E-state index in [9.17, 15) is 9.59 Å². The van der Waals surface area contributed by atoms with Gasteiger partial charge in [0.1, 0.15) is 0 Å². The molecule has 0 aromatic heterocycles. The Bertz CT molecular complexity index is 567. The lowest BCUT2D eigenvalue weighted by atomic mass is 10.0. The van der Waals surface area contributed by atoms with E-state index >= 15 is 0 Å². The van der Waals surface area contributed by atoms with Crippen LogP contribution in [-0.4, -0.2) is 22.0 Å². The molecule has 1 aromatic rings. The molecular formula is C16H20N2O3. The summed E-state index contributed by atoms with van der Waals surface area (Å²) in [5, 5.41) is 9.06. The normalized spacial score (nSPS) is 13.6. The van der Waals surface area contributed by atoms with E-state index in [1.807, 2.05) is 24.3 Å². The van der Waals surface area contributed by atoms with Gasteiger partial charge in [-0.3, -0.25) is 9.69 Å². The van der Waals surface area contributed by atoms with Gasteiger partial charge in [-0.05, 0) is 36.0 Å². The Morgan fingerprint density at radius 2 is 2.10 bits per heavy atom. The number of nitrogens with two attached hydrogens (primary N) is 1. The van der Waals surface area contributed by atoms with Crippen LogP contribution in [0, 0.1) is 0 Å². The van der Waals surface area contributed by atoms with Crippen molar-refractivity contribution < 1.29 is 14.7 Å². The first-order valence-electron chi connectivity index (χ1n) is 7.11. The number of primary amides is 1. The smallest absolute Gasteiger partial charge is 0.407 e. The van der Waals surface area contributed by atoms with Crippen LogP contribution in [0.2, 0.25) is 0 Å². The van der Waals surface area contributed by atoms with Crippen molar-refractivity contribution in [3.63, 3.8) is 0 Å². The van der Waals surface area contributed by atoms with Crippen molar-refractivity contribution >= 4 is 18.1 Å². The highest BCUT2D eigenvalue weighted by molar-refractivity contribution is 5.73. The molecule has 2 rings (SSSR count). The SMILES string of the molecule is NC(=O)CCCCC=Cc1cccc2c1CN(C(=O)O)C2. The molecule has 1 aliphatic heterocycles. The molecule has 112 valence electrons. The number of hydrogen-bond acceptors (Lipinski definition) is 2. The molecule has 2 amide bonds. The van der Waals surface area contributed by atoms with Crippen LogP contribution < -0.4 is 5.73 Å². The largest absolute Gasteiger partial charge is 0.465 e. The predicted octanol–water partition coefficient (Wildman–Crippen LogP) is 2.74. The van der Waals surface area contributed by atoms with E-state index in [0.717, 1.165) is 36.0 Å². The number of carbonyl (C=O) groups excluding carboxylic acids is 1. The minimum absolute atomic E-state index is 0.256. The number of nitrogens with zero attached hydrogens (tertiary/aromatic N) is 1. The van der Waals surface area contributed by atoms with Gasteiger partial charge >= 0.3 is 6.09 Å². The molecule has 0 radical (unpaired) electrons. The fraction of sp³-hybridized carbons (Fsp3) is 0.375. The molecule has 0 atom stereocenters. The first kappa shape index (κ1) is 15.1. The summed E-state index contributed by atoms with van der Waals surface area (Å²) in [7, 11) is 0. The molecule has 1 aromatic carbocycles. The third-order valence-corrected chi connectivity index (χ3v) is 3.63. The van der Waals surface area contributed by atoms with E-state index in [2.05, 4.69) is 6.08 Å². The van der Waals surface area contributed by atoms with Crippen LogP contribution in [0.3, 0.4) is 0 Å². The fourth-order valence-electron chi connectivity index (χ4n) is 2.51. The molecule has 5 nitrogen and oxygen atoms in total. The maximum atomic E-state index is 11.0. The lowest BCUT2D eigenvalue weighted by Gasteiger charge is -2.09.